The smallest absolute Gasteiger partial charge is 0.306 e. The molecule has 0 amide bonds. The summed E-state index contributed by atoms with van der Waals surface area (Å²) in [7, 11) is 0. The summed E-state index contributed by atoms with van der Waals surface area (Å²) in [4.78, 5) is 23.2. The molecular formula is C60H98O6. The predicted molar refractivity (Wildman–Crippen MR) is 281 cm³/mol. The van der Waals surface area contributed by atoms with Gasteiger partial charge in [0.05, 0.1) is 25.4 Å². The van der Waals surface area contributed by atoms with Crippen LogP contribution in [0.5, 0.6) is 11.5 Å². The Hall–Kier alpha value is -3.28. The van der Waals surface area contributed by atoms with Crippen molar-refractivity contribution in [1.29, 1.82) is 0 Å². The fraction of sp³-hybridized carbons (Fsp3) is 0.733. The van der Waals surface area contributed by atoms with Gasteiger partial charge in [0, 0.05) is 34.4 Å². The Morgan fingerprint density at radius 1 is 0.318 bits per heavy atom. The van der Waals surface area contributed by atoms with E-state index in [1.807, 2.05) is 27.7 Å². The molecule has 0 aromatic heterocycles. The van der Waals surface area contributed by atoms with Gasteiger partial charge in [0.25, 0.3) is 0 Å². The minimum Gasteiger partial charge on any atom is -0.492 e. The lowest BCUT2D eigenvalue weighted by molar-refractivity contribution is -0.148. The molecule has 3 aromatic carbocycles. The predicted octanol–water partition coefficient (Wildman–Crippen LogP) is 18.7. The molecule has 0 atom stereocenters. The van der Waals surface area contributed by atoms with Gasteiger partial charge in [0.15, 0.2) is 0 Å². The number of fused-ring (bicyclic) bond motifs is 2. The van der Waals surface area contributed by atoms with Gasteiger partial charge in [-0.05, 0) is 53.4 Å². The van der Waals surface area contributed by atoms with E-state index in [2.05, 4.69) is 48.5 Å². The molecular weight excluding hydrogens is 817 g/mol. The molecule has 0 spiro atoms. The van der Waals surface area contributed by atoms with Crippen LogP contribution in [-0.2, 0) is 19.1 Å². The number of hydrogen-bond donors (Lipinski definition) is 0. The van der Waals surface area contributed by atoms with E-state index >= 15 is 0 Å². The van der Waals surface area contributed by atoms with Crippen LogP contribution in [0, 0.1) is 0 Å². The molecule has 0 radical (unpaired) electrons. The quantitative estimate of drug-likeness (QED) is 0.0320. The lowest BCUT2D eigenvalue weighted by Gasteiger charge is -2.18. The summed E-state index contributed by atoms with van der Waals surface area (Å²) in [6.07, 6.45) is 45.1. The minimum atomic E-state index is -0.0422. The van der Waals surface area contributed by atoms with E-state index in [0.29, 0.717) is 12.8 Å². The maximum Gasteiger partial charge on any atom is 0.306 e. The van der Waals surface area contributed by atoms with E-state index in [1.165, 1.54) is 180 Å². The summed E-state index contributed by atoms with van der Waals surface area (Å²) in [6, 6.07) is 17.3. The Morgan fingerprint density at radius 2 is 0.515 bits per heavy atom. The zero-order chi connectivity index (χ0) is 47.1. The zero-order valence-electron chi connectivity index (χ0n) is 43.1. The molecule has 3 aromatic rings. The highest BCUT2D eigenvalue weighted by molar-refractivity contribution is 6.11. The number of ether oxygens (including phenoxy) is 4. The summed E-state index contributed by atoms with van der Waals surface area (Å²) < 4.78 is 23.6. The molecule has 66 heavy (non-hydrogen) atoms. The molecule has 3 rings (SSSR count). The van der Waals surface area contributed by atoms with E-state index in [1.54, 1.807) is 0 Å². The Labute approximate surface area is 404 Å². The number of esters is 2. The van der Waals surface area contributed by atoms with E-state index in [4.69, 9.17) is 18.9 Å². The third-order valence-corrected chi connectivity index (χ3v) is 13.1. The Bertz CT molecular complexity index is 1470. The first-order valence-corrected chi connectivity index (χ1v) is 27.9. The minimum absolute atomic E-state index is 0.00369. The normalized spacial score (nSPS) is 11.6. The Balaban J connectivity index is 1.16. The highest BCUT2D eigenvalue weighted by Crippen LogP contribution is 2.43. The van der Waals surface area contributed by atoms with Crippen molar-refractivity contribution in [2.24, 2.45) is 0 Å². The first-order valence-electron chi connectivity index (χ1n) is 27.9. The molecule has 6 heteroatoms. The van der Waals surface area contributed by atoms with Crippen molar-refractivity contribution in [3.8, 4) is 11.5 Å². The number of carbonyl (C=O) groups excluding carboxylic acids is 2. The van der Waals surface area contributed by atoms with Crippen molar-refractivity contribution >= 4 is 33.5 Å². The van der Waals surface area contributed by atoms with E-state index in [-0.39, 0.29) is 24.1 Å². The molecule has 0 saturated heterocycles. The van der Waals surface area contributed by atoms with Gasteiger partial charge in [0.2, 0.25) is 0 Å². The molecule has 0 N–H and O–H groups in total. The molecule has 0 aliphatic heterocycles. The first-order chi connectivity index (χ1) is 32.4. The van der Waals surface area contributed by atoms with Gasteiger partial charge in [-0.3, -0.25) is 9.59 Å². The van der Waals surface area contributed by atoms with Crippen LogP contribution in [0.25, 0.3) is 21.5 Å². The summed E-state index contributed by atoms with van der Waals surface area (Å²) in [5.74, 6) is 1.93. The van der Waals surface area contributed by atoms with Gasteiger partial charge in [-0.15, -0.1) is 0 Å². The molecule has 0 aliphatic carbocycles. The highest BCUT2D eigenvalue weighted by Gasteiger charge is 2.16. The largest absolute Gasteiger partial charge is 0.492 e. The van der Waals surface area contributed by atoms with Gasteiger partial charge < -0.3 is 18.9 Å². The van der Waals surface area contributed by atoms with Gasteiger partial charge in [-0.2, -0.15) is 0 Å². The zero-order valence-corrected chi connectivity index (χ0v) is 43.1. The van der Waals surface area contributed by atoms with Crippen LogP contribution >= 0.6 is 0 Å². The first kappa shape index (κ1) is 57.0. The summed E-state index contributed by atoms with van der Waals surface area (Å²) in [6.45, 7) is 9.16. The summed E-state index contributed by atoms with van der Waals surface area (Å²) in [5.41, 5.74) is 0. The van der Waals surface area contributed by atoms with E-state index in [0.717, 1.165) is 84.8 Å². The second kappa shape index (κ2) is 38.7. The Kier molecular flexibility index (Phi) is 33.4. The van der Waals surface area contributed by atoms with Crippen LogP contribution in [0.1, 0.15) is 259 Å². The second-order valence-corrected chi connectivity index (χ2v) is 20.0. The van der Waals surface area contributed by atoms with Crippen molar-refractivity contribution in [2.45, 2.75) is 271 Å². The van der Waals surface area contributed by atoms with E-state index in [9.17, 15) is 9.59 Å². The topological polar surface area (TPSA) is 71.1 Å². The SMILES string of the molecule is CC(C)OC(=O)CCCCCCCCCCCCCCCCCCCOc1c2ccccc2c(OCCCCCCCCCCCCCCCCCCCC(=O)OC(C)C)c2ccccc12. The van der Waals surface area contributed by atoms with Crippen LogP contribution in [-0.4, -0.2) is 37.4 Å². The molecule has 0 heterocycles. The van der Waals surface area contributed by atoms with Gasteiger partial charge >= 0.3 is 11.9 Å². The summed E-state index contributed by atoms with van der Waals surface area (Å²) >= 11 is 0. The van der Waals surface area contributed by atoms with Crippen LogP contribution in [0.2, 0.25) is 0 Å². The van der Waals surface area contributed by atoms with Crippen LogP contribution in [0.3, 0.4) is 0 Å². The fourth-order valence-electron chi connectivity index (χ4n) is 9.40. The average molecular weight is 915 g/mol. The lowest BCUT2D eigenvalue weighted by atomic mass is 10.0. The second-order valence-electron chi connectivity index (χ2n) is 20.0. The van der Waals surface area contributed by atoms with Crippen molar-refractivity contribution in [3.63, 3.8) is 0 Å². The van der Waals surface area contributed by atoms with Crippen molar-refractivity contribution in [1.82, 2.24) is 0 Å². The maximum atomic E-state index is 11.6. The molecule has 374 valence electrons. The highest BCUT2D eigenvalue weighted by atomic mass is 16.5. The van der Waals surface area contributed by atoms with Crippen LogP contribution in [0.15, 0.2) is 48.5 Å². The number of hydrogen-bond acceptors (Lipinski definition) is 6. The molecule has 0 fully saturated rings. The number of unbranched alkanes of at least 4 members (excludes halogenated alkanes) is 32. The standard InChI is InChI=1S/C60H98O6/c1-51(2)65-57(61)47-35-31-27-23-19-15-11-7-5-9-13-17-21-25-29-33-41-49-63-59-53-43-37-39-45-55(53)60(56-46-40-38-44-54(56)59)64-50-42-34-30-26-22-18-14-10-6-8-12-16-20-24-28-32-36-48-58(62)66-52(3)4/h37-40,43-46,51-52H,5-36,41-42,47-50H2,1-4H3. The third-order valence-electron chi connectivity index (χ3n) is 13.1. The van der Waals surface area contributed by atoms with Gasteiger partial charge in [-0.25, -0.2) is 0 Å². The van der Waals surface area contributed by atoms with Crippen LogP contribution in [0.4, 0.5) is 0 Å². The molecule has 0 unspecified atom stereocenters. The summed E-state index contributed by atoms with van der Waals surface area (Å²) in [5, 5.41) is 4.63. The number of rotatable bonds is 44. The third kappa shape index (κ3) is 27.5. The molecule has 6 nitrogen and oxygen atoms in total. The average Bonchev–Trinajstić information content (AvgIpc) is 3.30. The lowest BCUT2D eigenvalue weighted by Crippen LogP contribution is -2.10. The van der Waals surface area contributed by atoms with E-state index < -0.39 is 0 Å². The molecule has 0 bridgehead atoms. The molecule has 0 aliphatic rings. The van der Waals surface area contributed by atoms with Gasteiger partial charge in [0.1, 0.15) is 11.5 Å². The monoisotopic (exact) mass is 915 g/mol. The van der Waals surface area contributed by atoms with Crippen molar-refractivity contribution in [2.75, 3.05) is 13.2 Å². The number of carbonyl (C=O) groups is 2. The van der Waals surface area contributed by atoms with Crippen LogP contribution < -0.4 is 9.47 Å². The maximum absolute atomic E-state index is 11.6. The van der Waals surface area contributed by atoms with Crippen molar-refractivity contribution < 1.29 is 28.5 Å². The van der Waals surface area contributed by atoms with Gasteiger partial charge in [-0.1, -0.05) is 241 Å². The fourth-order valence-corrected chi connectivity index (χ4v) is 9.40. The van der Waals surface area contributed by atoms with Crippen molar-refractivity contribution in [3.05, 3.63) is 48.5 Å². The Morgan fingerprint density at radius 3 is 0.727 bits per heavy atom. The number of benzene rings is 3. The molecule has 0 saturated carbocycles.